The maximum atomic E-state index is 11.6. The van der Waals surface area contributed by atoms with Crippen LogP contribution in [0.3, 0.4) is 0 Å². The Kier molecular flexibility index (Phi) is 6.14. The Morgan fingerprint density at radius 3 is 2.89 bits per heavy atom. The normalized spacial score (nSPS) is 12.7. The highest BCUT2D eigenvalue weighted by Gasteiger charge is 2.11. The van der Waals surface area contributed by atoms with Crippen LogP contribution in [0.25, 0.3) is 0 Å². The van der Waals surface area contributed by atoms with E-state index in [-0.39, 0.29) is 24.6 Å². The number of nitrogens with zero attached hydrogens (tertiary/aromatic N) is 3. The molecule has 0 radical (unpaired) electrons. The molecule has 0 aliphatic rings. The third-order valence-electron chi connectivity index (χ3n) is 2.40. The van der Waals surface area contributed by atoms with Crippen LogP contribution < -0.4 is 5.32 Å². The number of amides is 1. The van der Waals surface area contributed by atoms with Crippen LogP contribution >= 0.6 is 11.8 Å². The highest BCUT2D eigenvalue weighted by atomic mass is 32.2. The van der Waals surface area contributed by atoms with Crippen molar-refractivity contribution in [3.8, 4) is 0 Å². The number of aromatic nitrogens is 3. The van der Waals surface area contributed by atoms with Crippen molar-refractivity contribution in [2.75, 3.05) is 12.4 Å². The van der Waals surface area contributed by atoms with Crippen LogP contribution in [0.2, 0.25) is 0 Å². The summed E-state index contributed by atoms with van der Waals surface area (Å²) in [7, 11) is 0. The highest BCUT2D eigenvalue weighted by Crippen LogP contribution is 2.18. The van der Waals surface area contributed by atoms with Gasteiger partial charge in [0.05, 0.1) is 5.75 Å². The van der Waals surface area contributed by atoms with E-state index in [9.17, 15) is 4.79 Å². The summed E-state index contributed by atoms with van der Waals surface area (Å²) in [6.45, 7) is 6.03. The predicted octanol–water partition coefficient (Wildman–Crippen LogP) is 0.838. The van der Waals surface area contributed by atoms with Crippen LogP contribution in [-0.4, -0.2) is 44.2 Å². The molecule has 1 atom stereocenters. The summed E-state index contributed by atoms with van der Waals surface area (Å²) in [6, 6.07) is 0.268. The van der Waals surface area contributed by atoms with Gasteiger partial charge in [0.25, 0.3) is 0 Å². The molecule has 0 bridgehead atoms. The van der Waals surface area contributed by atoms with Crippen LogP contribution in [-0.2, 0) is 4.79 Å². The smallest absolute Gasteiger partial charge is 0.230 e. The molecule has 0 spiro atoms. The van der Waals surface area contributed by atoms with Crippen molar-refractivity contribution < 1.29 is 9.90 Å². The first-order valence-corrected chi connectivity index (χ1v) is 6.95. The average Bonchev–Trinajstić information content (AvgIpc) is 2.74. The zero-order valence-corrected chi connectivity index (χ0v) is 11.8. The number of rotatable bonds is 7. The topological polar surface area (TPSA) is 80.0 Å². The lowest BCUT2D eigenvalue weighted by molar-refractivity contribution is -0.119. The predicted molar refractivity (Wildman–Crippen MR) is 70.4 cm³/mol. The first-order valence-electron chi connectivity index (χ1n) is 5.97. The van der Waals surface area contributed by atoms with Gasteiger partial charge in [0.2, 0.25) is 5.91 Å². The highest BCUT2D eigenvalue weighted by molar-refractivity contribution is 7.99. The Morgan fingerprint density at radius 2 is 2.28 bits per heavy atom. The molecule has 0 aliphatic heterocycles. The molecule has 6 nitrogen and oxygen atoms in total. The average molecular weight is 272 g/mol. The fraction of sp³-hybridized carbons (Fsp3) is 0.727. The molecule has 18 heavy (non-hydrogen) atoms. The number of nitrogens with one attached hydrogen (secondary N) is 1. The number of hydrogen-bond acceptors (Lipinski definition) is 5. The van der Waals surface area contributed by atoms with Gasteiger partial charge >= 0.3 is 0 Å². The lowest BCUT2D eigenvalue weighted by Crippen LogP contribution is -2.34. The summed E-state index contributed by atoms with van der Waals surface area (Å²) in [5.41, 5.74) is 0. The third kappa shape index (κ3) is 4.66. The van der Waals surface area contributed by atoms with Crippen molar-refractivity contribution in [2.24, 2.45) is 0 Å². The van der Waals surface area contributed by atoms with Crippen LogP contribution in [0.15, 0.2) is 11.5 Å². The van der Waals surface area contributed by atoms with E-state index in [0.29, 0.717) is 12.2 Å². The summed E-state index contributed by atoms with van der Waals surface area (Å²) < 4.78 is 1.93. The van der Waals surface area contributed by atoms with Crippen LogP contribution in [0.4, 0.5) is 0 Å². The molecule has 2 N–H and O–H groups in total. The van der Waals surface area contributed by atoms with Crippen molar-refractivity contribution in [2.45, 2.75) is 44.4 Å². The van der Waals surface area contributed by atoms with E-state index in [4.69, 9.17) is 5.11 Å². The second kappa shape index (κ2) is 7.38. The molecule has 7 heteroatoms. The molecule has 1 aromatic heterocycles. The largest absolute Gasteiger partial charge is 0.396 e. The van der Waals surface area contributed by atoms with Crippen LogP contribution in [0.1, 0.15) is 33.2 Å². The van der Waals surface area contributed by atoms with E-state index in [0.717, 1.165) is 5.16 Å². The number of hydrogen-bond donors (Lipinski definition) is 2. The zero-order valence-electron chi connectivity index (χ0n) is 11.0. The fourth-order valence-corrected chi connectivity index (χ4v) is 2.26. The summed E-state index contributed by atoms with van der Waals surface area (Å²) in [6.07, 6.45) is 2.23. The van der Waals surface area contributed by atoms with Gasteiger partial charge in [-0.25, -0.2) is 0 Å². The van der Waals surface area contributed by atoms with Gasteiger partial charge in [-0.15, -0.1) is 10.2 Å². The minimum absolute atomic E-state index is 0.00827. The molecule has 0 saturated heterocycles. The molecule has 0 fully saturated rings. The quantitative estimate of drug-likeness (QED) is 0.719. The Hall–Kier alpha value is -1.08. The first kappa shape index (κ1) is 15.0. The van der Waals surface area contributed by atoms with Gasteiger partial charge in [0.15, 0.2) is 5.16 Å². The Morgan fingerprint density at radius 1 is 1.56 bits per heavy atom. The van der Waals surface area contributed by atoms with Crippen molar-refractivity contribution in [3.63, 3.8) is 0 Å². The van der Waals surface area contributed by atoms with Gasteiger partial charge in [-0.2, -0.15) is 0 Å². The Labute approximate surface area is 111 Å². The molecule has 0 aliphatic carbocycles. The van der Waals surface area contributed by atoms with E-state index >= 15 is 0 Å². The van der Waals surface area contributed by atoms with E-state index in [2.05, 4.69) is 15.5 Å². The van der Waals surface area contributed by atoms with Crippen molar-refractivity contribution >= 4 is 17.7 Å². The monoisotopic (exact) mass is 272 g/mol. The van der Waals surface area contributed by atoms with Gasteiger partial charge in [0, 0.05) is 18.7 Å². The third-order valence-corrected chi connectivity index (χ3v) is 3.36. The maximum absolute atomic E-state index is 11.6. The first-order chi connectivity index (χ1) is 8.54. The van der Waals surface area contributed by atoms with E-state index in [1.807, 2.05) is 25.3 Å². The molecule has 102 valence electrons. The number of carbonyl (C=O) groups excluding carboxylic acids is 1. The van der Waals surface area contributed by atoms with E-state index in [1.165, 1.54) is 11.8 Å². The molecule has 1 heterocycles. The van der Waals surface area contributed by atoms with Crippen molar-refractivity contribution in [1.29, 1.82) is 0 Å². The molecule has 1 unspecified atom stereocenters. The summed E-state index contributed by atoms with van der Waals surface area (Å²) in [5, 5.41) is 20.1. The molecule has 1 rings (SSSR count). The standard InChI is InChI=1S/C11H20N4O2S/c1-8(2)15-7-12-14-11(15)18-6-10(17)13-9(3)4-5-16/h7-9,16H,4-6H2,1-3H3,(H,13,17). The summed E-state index contributed by atoms with van der Waals surface area (Å²) in [5.74, 6) is 0.250. The Bertz CT molecular complexity index is 381. The van der Waals surface area contributed by atoms with Gasteiger partial charge in [-0.3, -0.25) is 4.79 Å². The van der Waals surface area contributed by atoms with E-state index in [1.54, 1.807) is 6.33 Å². The van der Waals surface area contributed by atoms with Crippen LogP contribution in [0.5, 0.6) is 0 Å². The van der Waals surface area contributed by atoms with E-state index < -0.39 is 0 Å². The molecule has 0 saturated carbocycles. The van der Waals surface area contributed by atoms with Crippen molar-refractivity contribution in [3.05, 3.63) is 6.33 Å². The lowest BCUT2D eigenvalue weighted by Gasteiger charge is -2.12. The van der Waals surface area contributed by atoms with Gasteiger partial charge in [-0.1, -0.05) is 11.8 Å². The second-order valence-electron chi connectivity index (χ2n) is 4.38. The molecular weight excluding hydrogens is 252 g/mol. The second-order valence-corrected chi connectivity index (χ2v) is 5.33. The maximum Gasteiger partial charge on any atom is 0.230 e. The summed E-state index contributed by atoms with van der Waals surface area (Å²) >= 11 is 1.37. The number of thioether (sulfide) groups is 1. The molecular formula is C11H20N4O2S. The minimum atomic E-state index is -0.0562. The zero-order chi connectivity index (χ0) is 13.5. The minimum Gasteiger partial charge on any atom is -0.396 e. The molecule has 1 amide bonds. The van der Waals surface area contributed by atoms with Crippen LogP contribution in [0, 0.1) is 0 Å². The van der Waals surface area contributed by atoms with Gasteiger partial charge in [-0.05, 0) is 27.2 Å². The molecule has 0 aromatic carbocycles. The SMILES string of the molecule is CC(CCO)NC(=O)CSc1nncn1C(C)C. The fourth-order valence-electron chi connectivity index (χ4n) is 1.40. The van der Waals surface area contributed by atoms with Crippen molar-refractivity contribution in [1.82, 2.24) is 20.1 Å². The lowest BCUT2D eigenvalue weighted by atomic mass is 10.2. The summed E-state index contributed by atoms with van der Waals surface area (Å²) in [4.78, 5) is 11.6. The number of carbonyl (C=O) groups is 1. The number of aliphatic hydroxyl groups is 1. The Balaban J connectivity index is 2.40. The van der Waals surface area contributed by atoms with Gasteiger partial charge in [0.1, 0.15) is 6.33 Å². The van der Waals surface area contributed by atoms with Gasteiger partial charge < -0.3 is 15.0 Å². The molecule has 1 aromatic rings. The number of aliphatic hydroxyl groups excluding tert-OH is 1.